The number of ether oxygens (including phenoxy) is 1. The Labute approximate surface area is 229 Å². The number of benzene rings is 2. The Kier molecular flexibility index (Phi) is 9.54. The number of H-pyrrole nitrogens is 1. The highest BCUT2D eigenvalue weighted by molar-refractivity contribution is 5.98. The van der Waals surface area contributed by atoms with Crippen LogP contribution in [0.1, 0.15) is 70.5 Å². The summed E-state index contributed by atoms with van der Waals surface area (Å²) in [6.07, 6.45) is 6.43. The number of hydrogen-bond acceptors (Lipinski definition) is 5. The Morgan fingerprint density at radius 3 is 2.49 bits per heavy atom. The maximum atomic E-state index is 12.9. The number of methoxy groups -OCH3 is 1. The second-order valence-electron chi connectivity index (χ2n) is 10.2. The largest absolute Gasteiger partial charge is 0.497 e. The van der Waals surface area contributed by atoms with E-state index in [2.05, 4.69) is 27.8 Å². The van der Waals surface area contributed by atoms with Crippen molar-refractivity contribution in [2.45, 2.75) is 50.6 Å². The SMILES string of the molecule is COc1cccc(C2(NCCCNC(=O)c3cc(C(=O)N(C)Cc4ccccc4)cc(=O)[nH]3)CCCCC2)c1. The van der Waals surface area contributed by atoms with Crippen molar-refractivity contribution in [3.8, 4) is 5.75 Å². The van der Waals surface area contributed by atoms with Crippen molar-refractivity contribution in [3.05, 3.63) is 99.5 Å². The van der Waals surface area contributed by atoms with Crippen LogP contribution >= 0.6 is 0 Å². The van der Waals surface area contributed by atoms with E-state index in [1.54, 1.807) is 14.2 Å². The normalized spacial score (nSPS) is 14.4. The second-order valence-corrected chi connectivity index (χ2v) is 10.2. The van der Waals surface area contributed by atoms with Gasteiger partial charge in [-0.15, -0.1) is 0 Å². The number of nitrogens with one attached hydrogen (secondary N) is 3. The zero-order chi connectivity index (χ0) is 27.7. The van der Waals surface area contributed by atoms with Crippen molar-refractivity contribution in [2.24, 2.45) is 0 Å². The zero-order valence-corrected chi connectivity index (χ0v) is 22.8. The summed E-state index contributed by atoms with van der Waals surface area (Å²) in [5, 5.41) is 6.64. The van der Waals surface area contributed by atoms with E-state index < -0.39 is 11.5 Å². The summed E-state index contributed by atoms with van der Waals surface area (Å²) >= 11 is 0. The van der Waals surface area contributed by atoms with Crippen LogP contribution in [0.5, 0.6) is 5.75 Å². The molecule has 1 heterocycles. The number of pyridine rings is 1. The average molecular weight is 531 g/mol. The Morgan fingerprint density at radius 1 is 0.974 bits per heavy atom. The van der Waals surface area contributed by atoms with E-state index in [1.807, 2.05) is 42.5 Å². The predicted octanol–water partition coefficient (Wildman–Crippen LogP) is 4.22. The number of carbonyl (C=O) groups excluding carboxylic acids is 2. The lowest BCUT2D eigenvalue weighted by Gasteiger charge is -2.39. The van der Waals surface area contributed by atoms with E-state index >= 15 is 0 Å². The van der Waals surface area contributed by atoms with Gasteiger partial charge in [-0.3, -0.25) is 14.4 Å². The molecule has 0 radical (unpaired) electrons. The van der Waals surface area contributed by atoms with E-state index in [1.165, 1.54) is 41.9 Å². The smallest absolute Gasteiger partial charge is 0.267 e. The van der Waals surface area contributed by atoms with Crippen LogP contribution in [-0.4, -0.2) is 48.9 Å². The zero-order valence-electron chi connectivity index (χ0n) is 22.8. The van der Waals surface area contributed by atoms with E-state index in [-0.39, 0.29) is 22.7 Å². The molecule has 2 aromatic carbocycles. The monoisotopic (exact) mass is 530 g/mol. The number of amides is 2. The quantitative estimate of drug-likeness (QED) is 0.322. The molecule has 1 aliphatic rings. The van der Waals surface area contributed by atoms with Gasteiger partial charge in [0.2, 0.25) is 5.56 Å². The molecule has 1 saturated carbocycles. The molecular weight excluding hydrogens is 492 g/mol. The van der Waals surface area contributed by atoms with Gasteiger partial charge in [0, 0.05) is 37.3 Å². The Hall–Kier alpha value is -3.91. The number of rotatable bonds is 11. The van der Waals surface area contributed by atoms with Crippen LogP contribution in [-0.2, 0) is 12.1 Å². The van der Waals surface area contributed by atoms with E-state index in [9.17, 15) is 14.4 Å². The summed E-state index contributed by atoms with van der Waals surface area (Å²) < 4.78 is 5.45. The van der Waals surface area contributed by atoms with Crippen molar-refractivity contribution in [1.82, 2.24) is 20.5 Å². The lowest BCUT2D eigenvalue weighted by molar-refractivity contribution is 0.0785. The van der Waals surface area contributed by atoms with Gasteiger partial charge in [0.25, 0.3) is 11.8 Å². The Bertz CT molecular complexity index is 1320. The summed E-state index contributed by atoms with van der Waals surface area (Å²) in [7, 11) is 3.36. The molecule has 8 nitrogen and oxygen atoms in total. The second kappa shape index (κ2) is 13.2. The first kappa shape index (κ1) is 28.1. The molecule has 8 heteroatoms. The van der Waals surface area contributed by atoms with Crippen molar-refractivity contribution in [2.75, 3.05) is 27.2 Å². The third-order valence-electron chi connectivity index (χ3n) is 7.38. The van der Waals surface area contributed by atoms with Gasteiger partial charge in [0.1, 0.15) is 11.4 Å². The highest BCUT2D eigenvalue weighted by Crippen LogP contribution is 2.38. The van der Waals surface area contributed by atoms with Gasteiger partial charge in [-0.1, -0.05) is 61.7 Å². The van der Waals surface area contributed by atoms with Crippen molar-refractivity contribution < 1.29 is 14.3 Å². The molecule has 39 heavy (non-hydrogen) atoms. The molecule has 3 N–H and O–H groups in total. The molecule has 1 aromatic heterocycles. The molecule has 1 fully saturated rings. The predicted molar refractivity (Wildman–Crippen MR) is 152 cm³/mol. The van der Waals surface area contributed by atoms with Gasteiger partial charge < -0.3 is 25.3 Å². The molecule has 0 atom stereocenters. The third kappa shape index (κ3) is 7.35. The Morgan fingerprint density at radius 2 is 1.74 bits per heavy atom. The van der Waals surface area contributed by atoms with E-state index in [0.717, 1.165) is 37.1 Å². The molecule has 0 bridgehead atoms. The van der Waals surface area contributed by atoms with E-state index in [0.29, 0.717) is 13.1 Å². The van der Waals surface area contributed by atoms with Gasteiger partial charge >= 0.3 is 0 Å². The average Bonchev–Trinajstić information content (AvgIpc) is 2.97. The van der Waals surface area contributed by atoms with Crippen LogP contribution in [0.4, 0.5) is 0 Å². The molecule has 0 spiro atoms. The molecular formula is C31H38N4O4. The first-order valence-electron chi connectivity index (χ1n) is 13.6. The maximum absolute atomic E-state index is 12.9. The van der Waals surface area contributed by atoms with Crippen LogP contribution < -0.4 is 20.9 Å². The molecule has 0 aliphatic heterocycles. The lowest BCUT2D eigenvalue weighted by atomic mass is 9.76. The van der Waals surface area contributed by atoms with Crippen molar-refractivity contribution in [3.63, 3.8) is 0 Å². The standard InChI is InChI=1S/C31H38N4O4/c1-35(22-23-11-5-3-6-12-23)30(38)24-19-27(34-28(36)20-24)29(37)32-17-10-18-33-31(15-7-4-8-16-31)25-13-9-14-26(21-25)39-2/h3,5-6,9,11-14,19-21,33H,4,7-8,10,15-18,22H2,1-2H3,(H,32,37)(H,34,36). The fraction of sp³-hybridized carbons (Fsp3) is 0.387. The van der Waals surface area contributed by atoms with E-state index in [4.69, 9.17) is 4.74 Å². The molecule has 3 aromatic rings. The fourth-order valence-electron chi connectivity index (χ4n) is 5.30. The first-order chi connectivity index (χ1) is 18.9. The maximum Gasteiger partial charge on any atom is 0.267 e. The lowest BCUT2D eigenvalue weighted by Crippen LogP contribution is -2.45. The van der Waals surface area contributed by atoms with Crippen LogP contribution in [0.3, 0.4) is 0 Å². The third-order valence-corrected chi connectivity index (χ3v) is 7.38. The molecule has 0 unspecified atom stereocenters. The van der Waals surface area contributed by atoms with Crippen LogP contribution in [0, 0.1) is 0 Å². The molecule has 2 amide bonds. The summed E-state index contributed by atoms with van der Waals surface area (Å²) in [5.74, 6) is 0.124. The van der Waals surface area contributed by atoms with Crippen LogP contribution in [0.25, 0.3) is 0 Å². The summed E-state index contributed by atoms with van der Waals surface area (Å²) in [5.41, 5.74) is 1.89. The summed E-state index contributed by atoms with van der Waals surface area (Å²) in [6, 6.07) is 20.5. The Balaban J connectivity index is 1.32. The van der Waals surface area contributed by atoms with Crippen LogP contribution in [0.15, 0.2) is 71.5 Å². The highest BCUT2D eigenvalue weighted by Gasteiger charge is 2.33. The van der Waals surface area contributed by atoms with Gasteiger partial charge in [0.05, 0.1) is 7.11 Å². The molecule has 1 aliphatic carbocycles. The molecule has 0 saturated heterocycles. The van der Waals surface area contributed by atoms with Gasteiger partial charge in [-0.2, -0.15) is 0 Å². The summed E-state index contributed by atoms with van der Waals surface area (Å²) in [4.78, 5) is 42.1. The number of aromatic nitrogens is 1. The number of nitrogens with zero attached hydrogens (tertiary/aromatic N) is 1. The minimum atomic E-state index is -0.488. The highest BCUT2D eigenvalue weighted by atomic mass is 16.5. The van der Waals surface area contributed by atoms with Gasteiger partial charge in [0.15, 0.2) is 0 Å². The van der Waals surface area contributed by atoms with Gasteiger partial charge in [-0.25, -0.2) is 0 Å². The summed E-state index contributed by atoms with van der Waals surface area (Å²) in [6.45, 7) is 1.57. The molecule has 4 rings (SSSR count). The minimum Gasteiger partial charge on any atom is -0.497 e. The first-order valence-corrected chi connectivity index (χ1v) is 13.6. The number of hydrogen-bond donors (Lipinski definition) is 3. The molecule has 206 valence electrons. The van der Waals surface area contributed by atoms with Crippen molar-refractivity contribution in [1.29, 1.82) is 0 Å². The topological polar surface area (TPSA) is 104 Å². The van der Waals surface area contributed by atoms with Crippen LogP contribution in [0.2, 0.25) is 0 Å². The number of aromatic amines is 1. The van der Waals surface area contributed by atoms with Gasteiger partial charge in [-0.05, 0) is 55.1 Å². The minimum absolute atomic E-state index is 0.0760. The number of carbonyl (C=O) groups is 2. The fourth-order valence-corrected chi connectivity index (χ4v) is 5.30. The van der Waals surface area contributed by atoms with Crippen molar-refractivity contribution >= 4 is 11.8 Å².